The molecule has 0 unspecified atom stereocenters. The molecule has 1 aromatic heterocycles. The number of benzene rings is 1. The van der Waals surface area contributed by atoms with Crippen LogP contribution in [0.4, 0.5) is 11.6 Å². The maximum Gasteiger partial charge on any atom is 0.207 e. The summed E-state index contributed by atoms with van der Waals surface area (Å²) in [6.45, 7) is 4.25. The second-order valence-electron chi connectivity index (χ2n) is 4.78. The zero-order valence-corrected chi connectivity index (χ0v) is 10.3. The van der Waals surface area contributed by atoms with Crippen LogP contribution in [0.5, 0.6) is 0 Å². The Hall–Kier alpha value is -1.77. The Balaban J connectivity index is 1.93. The molecule has 1 heterocycles. The van der Waals surface area contributed by atoms with Gasteiger partial charge in [-0.1, -0.05) is 18.2 Å². The minimum absolute atomic E-state index is 0.657. The van der Waals surface area contributed by atoms with Crippen molar-refractivity contribution in [3.05, 3.63) is 41.7 Å². The summed E-state index contributed by atoms with van der Waals surface area (Å²) >= 11 is 0. The molecule has 1 aliphatic rings. The van der Waals surface area contributed by atoms with Crippen LogP contribution in [0.3, 0.4) is 0 Å². The number of rotatable bonds is 3. The standard InChI is InChI=1S/C14H17N3/c1-10-4-3-5-11(2)13(10)16-14-15-8-9-17(14)12-6-7-12/h3-5,8-9,12H,6-7H2,1-2H3,(H,15,16). The summed E-state index contributed by atoms with van der Waals surface area (Å²) in [4.78, 5) is 4.41. The molecule has 1 aromatic carbocycles. The fourth-order valence-electron chi connectivity index (χ4n) is 2.18. The van der Waals surface area contributed by atoms with Gasteiger partial charge < -0.3 is 9.88 Å². The molecule has 3 nitrogen and oxygen atoms in total. The van der Waals surface area contributed by atoms with E-state index in [1.807, 2.05) is 6.20 Å². The van der Waals surface area contributed by atoms with Crippen molar-refractivity contribution in [2.45, 2.75) is 32.7 Å². The molecule has 2 aromatic rings. The molecule has 0 atom stereocenters. The van der Waals surface area contributed by atoms with Gasteiger partial charge in [-0.25, -0.2) is 4.98 Å². The van der Waals surface area contributed by atoms with Gasteiger partial charge in [0.05, 0.1) is 0 Å². The Morgan fingerprint density at radius 3 is 2.59 bits per heavy atom. The molecule has 0 amide bonds. The molecule has 1 fully saturated rings. The third kappa shape index (κ3) is 1.93. The first kappa shape index (κ1) is 10.4. The lowest BCUT2D eigenvalue weighted by Gasteiger charge is -2.13. The first-order valence-electron chi connectivity index (χ1n) is 6.12. The number of imidazole rings is 1. The van der Waals surface area contributed by atoms with Crippen molar-refractivity contribution in [2.24, 2.45) is 0 Å². The van der Waals surface area contributed by atoms with Gasteiger partial charge in [-0.3, -0.25) is 0 Å². The van der Waals surface area contributed by atoms with Crippen LogP contribution in [0.15, 0.2) is 30.6 Å². The average molecular weight is 227 g/mol. The van der Waals surface area contributed by atoms with Gasteiger partial charge in [-0.2, -0.15) is 0 Å². The monoisotopic (exact) mass is 227 g/mol. The van der Waals surface area contributed by atoms with Gasteiger partial charge in [0, 0.05) is 24.1 Å². The van der Waals surface area contributed by atoms with Crippen molar-refractivity contribution in [3.63, 3.8) is 0 Å². The molecule has 1 aliphatic carbocycles. The van der Waals surface area contributed by atoms with Crippen LogP contribution < -0.4 is 5.32 Å². The number of nitrogens with zero attached hydrogens (tertiary/aromatic N) is 2. The van der Waals surface area contributed by atoms with Gasteiger partial charge >= 0.3 is 0 Å². The van der Waals surface area contributed by atoms with E-state index in [0.29, 0.717) is 6.04 Å². The molecule has 0 saturated heterocycles. The summed E-state index contributed by atoms with van der Waals surface area (Å²) in [5, 5.41) is 3.46. The lowest BCUT2D eigenvalue weighted by molar-refractivity contribution is 0.750. The van der Waals surface area contributed by atoms with Gasteiger partial charge in [-0.05, 0) is 37.8 Å². The highest BCUT2D eigenvalue weighted by Gasteiger charge is 2.25. The fraction of sp³-hybridized carbons (Fsp3) is 0.357. The fourth-order valence-corrected chi connectivity index (χ4v) is 2.18. The van der Waals surface area contributed by atoms with E-state index in [9.17, 15) is 0 Å². The maximum atomic E-state index is 4.41. The molecule has 0 aliphatic heterocycles. The van der Waals surface area contributed by atoms with Gasteiger partial charge in [0.15, 0.2) is 0 Å². The third-order valence-corrected chi connectivity index (χ3v) is 3.33. The summed E-state index contributed by atoms with van der Waals surface area (Å²) in [6.07, 6.45) is 6.48. The highest BCUT2D eigenvalue weighted by Crippen LogP contribution is 2.37. The van der Waals surface area contributed by atoms with Crippen LogP contribution >= 0.6 is 0 Å². The lowest BCUT2D eigenvalue weighted by Crippen LogP contribution is -2.03. The Kier molecular flexibility index (Phi) is 2.39. The second kappa shape index (κ2) is 3.91. The topological polar surface area (TPSA) is 29.9 Å². The van der Waals surface area contributed by atoms with Gasteiger partial charge in [0.25, 0.3) is 0 Å². The zero-order valence-electron chi connectivity index (χ0n) is 10.3. The molecule has 3 heteroatoms. The van der Waals surface area contributed by atoms with Crippen LogP contribution in [-0.4, -0.2) is 9.55 Å². The second-order valence-corrected chi connectivity index (χ2v) is 4.78. The molecule has 0 radical (unpaired) electrons. The van der Waals surface area contributed by atoms with Crippen molar-refractivity contribution >= 4 is 11.6 Å². The van der Waals surface area contributed by atoms with E-state index in [2.05, 4.69) is 53.1 Å². The normalized spacial score (nSPS) is 14.9. The predicted molar refractivity (Wildman–Crippen MR) is 69.7 cm³/mol. The van der Waals surface area contributed by atoms with Crippen LogP contribution in [0.2, 0.25) is 0 Å². The van der Waals surface area contributed by atoms with Crippen molar-refractivity contribution in [1.29, 1.82) is 0 Å². The highest BCUT2D eigenvalue weighted by atomic mass is 15.2. The molecular weight excluding hydrogens is 210 g/mol. The van der Waals surface area contributed by atoms with Gasteiger partial charge in [-0.15, -0.1) is 0 Å². The summed E-state index contributed by atoms with van der Waals surface area (Å²) < 4.78 is 2.24. The quantitative estimate of drug-likeness (QED) is 0.868. The zero-order chi connectivity index (χ0) is 11.8. The minimum atomic E-state index is 0.657. The highest BCUT2D eigenvalue weighted by molar-refractivity contribution is 5.63. The predicted octanol–water partition coefficient (Wildman–Crippen LogP) is 3.58. The van der Waals surface area contributed by atoms with E-state index in [4.69, 9.17) is 0 Å². The first-order valence-corrected chi connectivity index (χ1v) is 6.12. The number of hydrogen-bond acceptors (Lipinski definition) is 2. The number of hydrogen-bond donors (Lipinski definition) is 1. The molecule has 0 spiro atoms. The van der Waals surface area contributed by atoms with Crippen LogP contribution in [0.25, 0.3) is 0 Å². The SMILES string of the molecule is Cc1cccc(C)c1Nc1nccn1C1CC1. The number of nitrogens with one attached hydrogen (secondary N) is 1. The van der Waals surface area contributed by atoms with Crippen LogP contribution in [0.1, 0.15) is 30.0 Å². The molecule has 0 bridgehead atoms. The van der Waals surface area contributed by atoms with Gasteiger partial charge in [0.2, 0.25) is 5.95 Å². The van der Waals surface area contributed by atoms with E-state index in [-0.39, 0.29) is 0 Å². The van der Waals surface area contributed by atoms with E-state index in [0.717, 1.165) is 5.95 Å². The molecular formula is C14H17N3. The Morgan fingerprint density at radius 1 is 1.24 bits per heavy atom. The Labute approximate surface area is 101 Å². The van der Waals surface area contributed by atoms with E-state index in [1.165, 1.54) is 29.7 Å². The average Bonchev–Trinajstić information content (AvgIpc) is 3.04. The minimum Gasteiger partial charge on any atom is -0.325 e. The molecule has 17 heavy (non-hydrogen) atoms. The summed E-state index contributed by atoms with van der Waals surface area (Å²) in [5.74, 6) is 0.963. The van der Waals surface area contributed by atoms with E-state index in [1.54, 1.807) is 0 Å². The van der Waals surface area contributed by atoms with Crippen molar-refractivity contribution in [3.8, 4) is 0 Å². The number of aromatic nitrogens is 2. The van der Waals surface area contributed by atoms with Crippen LogP contribution in [0, 0.1) is 13.8 Å². The van der Waals surface area contributed by atoms with Gasteiger partial charge in [0.1, 0.15) is 0 Å². The number of aryl methyl sites for hydroxylation is 2. The lowest BCUT2D eigenvalue weighted by atomic mass is 10.1. The molecule has 3 rings (SSSR count). The van der Waals surface area contributed by atoms with E-state index < -0.39 is 0 Å². The van der Waals surface area contributed by atoms with E-state index >= 15 is 0 Å². The Bertz CT molecular complexity index is 518. The first-order chi connectivity index (χ1) is 8.25. The third-order valence-electron chi connectivity index (χ3n) is 3.33. The summed E-state index contributed by atoms with van der Waals surface area (Å²) in [5.41, 5.74) is 3.70. The van der Waals surface area contributed by atoms with Crippen molar-refractivity contribution < 1.29 is 0 Å². The van der Waals surface area contributed by atoms with Crippen molar-refractivity contribution in [2.75, 3.05) is 5.32 Å². The number of para-hydroxylation sites is 1. The molecule has 1 N–H and O–H groups in total. The largest absolute Gasteiger partial charge is 0.325 e. The maximum absolute atomic E-state index is 4.41. The number of anilines is 2. The Morgan fingerprint density at radius 2 is 1.94 bits per heavy atom. The molecule has 88 valence electrons. The molecule has 1 saturated carbocycles. The van der Waals surface area contributed by atoms with Crippen LogP contribution in [-0.2, 0) is 0 Å². The van der Waals surface area contributed by atoms with Crippen molar-refractivity contribution in [1.82, 2.24) is 9.55 Å². The summed E-state index contributed by atoms with van der Waals surface area (Å²) in [7, 11) is 0. The summed E-state index contributed by atoms with van der Waals surface area (Å²) in [6, 6.07) is 6.99. The smallest absolute Gasteiger partial charge is 0.207 e.